The Morgan fingerprint density at radius 2 is 1.92 bits per heavy atom. The molecule has 7 nitrogen and oxygen atoms in total. The average Bonchev–Trinajstić information content (AvgIpc) is 2.60. The molecule has 3 N–H and O–H groups in total. The number of piperazine rings is 1. The summed E-state index contributed by atoms with van der Waals surface area (Å²) in [6.45, 7) is 2.33. The van der Waals surface area contributed by atoms with Gasteiger partial charge in [-0.05, 0) is 30.5 Å². The molecule has 1 aromatic rings. The second-order valence-electron chi connectivity index (χ2n) is 6.52. The molecule has 1 unspecified atom stereocenters. The van der Waals surface area contributed by atoms with E-state index in [0.717, 1.165) is 5.56 Å². The van der Waals surface area contributed by atoms with Crippen molar-refractivity contribution in [3.8, 4) is 0 Å². The van der Waals surface area contributed by atoms with E-state index in [9.17, 15) is 17.6 Å². The number of nitrogens with zero attached hydrogens (tertiary/aromatic N) is 2. The molecule has 0 spiro atoms. The van der Waals surface area contributed by atoms with Gasteiger partial charge in [-0.1, -0.05) is 12.1 Å². The third-order valence-corrected chi connectivity index (χ3v) is 6.01. The predicted molar refractivity (Wildman–Crippen MR) is 98.4 cm³/mol. The zero-order valence-electron chi connectivity index (χ0n) is 14.3. The van der Waals surface area contributed by atoms with Crippen molar-refractivity contribution >= 4 is 28.5 Å². The van der Waals surface area contributed by atoms with Crippen molar-refractivity contribution in [3.63, 3.8) is 0 Å². The molecule has 0 aromatic heterocycles. The van der Waals surface area contributed by atoms with Crippen LogP contribution in [0.15, 0.2) is 24.3 Å². The van der Waals surface area contributed by atoms with E-state index >= 15 is 0 Å². The van der Waals surface area contributed by atoms with Gasteiger partial charge in [-0.3, -0.25) is 4.79 Å². The number of carbonyl (C=O) groups excluding carboxylic acids is 1. The molecule has 10 heteroatoms. The molecular formula is C16H24ClFN4O3S. The molecule has 2 aliphatic rings. The van der Waals surface area contributed by atoms with Crippen molar-refractivity contribution in [3.05, 3.63) is 35.6 Å². The zero-order chi connectivity index (χ0) is 18.0. The first-order chi connectivity index (χ1) is 11.9. The first-order valence-corrected chi connectivity index (χ1v) is 9.91. The second-order valence-corrected chi connectivity index (χ2v) is 8.07. The SMILES string of the molecule is Cl.NS(=O)(=O)N1CCC(C(=O)N2CCNCC2c2cccc(F)c2)CC1. The normalized spacial score (nSPS) is 22.7. The summed E-state index contributed by atoms with van der Waals surface area (Å²) in [6, 6.07) is 6.10. The van der Waals surface area contributed by atoms with Crippen LogP contribution in [-0.2, 0) is 15.0 Å². The van der Waals surface area contributed by atoms with Crippen LogP contribution in [0.25, 0.3) is 0 Å². The van der Waals surface area contributed by atoms with E-state index in [1.807, 2.05) is 6.07 Å². The Kier molecular flexibility index (Phi) is 6.98. The Labute approximate surface area is 159 Å². The highest BCUT2D eigenvalue weighted by molar-refractivity contribution is 7.86. The third kappa shape index (κ3) is 4.72. The maximum Gasteiger partial charge on any atom is 0.276 e. The minimum atomic E-state index is -3.70. The van der Waals surface area contributed by atoms with Gasteiger partial charge in [-0.15, -0.1) is 12.4 Å². The summed E-state index contributed by atoms with van der Waals surface area (Å²) >= 11 is 0. The van der Waals surface area contributed by atoms with Gasteiger partial charge in [0.2, 0.25) is 5.91 Å². The average molecular weight is 407 g/mol. The number of hydrogen-bond donors (Lipinski definition) is 2. The molecule has 0 bridgehead atoms. The van der Waals surface area contributed by atoms with Crippen LogP contribution in [0.4, 0.5) is 4.39 Å². The highest BCUT2D eigenvalue weighted by Gasteiger charge is 2.35. The Hall–Kier alpha value is -1.26. The minimum absolute atomic E-state index is 0. The summed E-state index contributed by atoms with van der Waals surface area (Å²) in [6.07, 6.45) is 0.907. The van der Waals surface area contributed by atoms with Gasteiger partial charge in [-0.25, -0.2) is 9.53 Å². The van der Waals surface area contributed by atoms with Gasteiger partial charge >= 0.3 is 0 Å². The first kappa shape index (κ1) is 21.0. The molecule has 146 valence electrons. The fourth-order valence-corrected chi connectivity index (χ4v) is 4.29. The quantitative estimate of drug-likeness (QED) is 0.769. The first-order valence-electron chi connectivity index (χ1n) is 8.41. The molecule has 1 amide bonds. The van der Waals surface area contributed by atoms with Crippen molar-refractivity contribution in [1.29, 1.82) is 0 Å². The fourth-order valence-electron chi connectivity index (χ4n) is 3.57. The zero-order valence-corrected chi connectivity index (χ0v) is 15.9. The monoisotopic (exact) mass is 406 g/mol. The van der Waals surface area contributed by atoms with Crippen LogP contribution in [0.2, 0.25) is 0 Å². The van der Waals surface area contributed by atoms with Crippen molar-refractivity contribution in [1.82, 2.24) is 14.5 Å². The largest absolute Gasteiger partial charge is 0.333 e. The molecule has 0 aliphatic carbocycles. The van der Waals surface area contributed by atoms with Crippen LogP contribution in [0.3, 0.4) is 0 Å². The van der Waals surface area contributed by atoms with Crippen molar-refractivity contribution in [2.45, 2.75) is 18.9 Å². The van der Waals surface area contributed by atoms with E-state index in [2.05, 4.69) is 5.32 Å². The Morgan fingerprint density at radius 3 is 2.54 bits per heavy atom. The molecule has 26 heavy (non-hydrogen) atoms. The molecule has 1 aromatic carbocycles. The number of halogens is 2. The summed E-state index contributed by atoms with van der Waals surface area (Å²) in [5.74, 6) is -0.547. The number of amides is 1. The van der Waals surface area contributed by atoms with Gasteiger partial charge in [0.25, 0.3) is 10.2 Å². The lowest BCUT2D eigenvalue weighted by molar-refractivity contribution is -0.140. The Morgan fingerprint density at radius 1 is 1.23 bits per heavy atom. The number of piperidine rings is 1. The summed E-state index contributed by atoms with van der Waals surface area (Å²) in [5.41, 5.74) is 0.766. The molecule has 2 heterocycles. The lowest BCUT2D eigenvalue weighted by atomic mass is 9.94. The van der Waals surface area contributed by atoms with Crippen LogP contribution in [0.5, 0.6) is 0 Å². The molecule has 0 saturated carbocycles. The maximum atomic E-state index is 13.6. The molecule has 2 aliphatic heterocycles. The smallest absolute Gasteiger partial charge is 0.276 e. The molecule has 2 fully saturated rings. The van der Waals surface area contributed by atoms with Gasteiger partial charge < -0.3 is 10.2 Å². The van der Waals surface area contributed by atoms with Crippen LogP contribution < -0.4 is 10.5 Å². The summed E-state index contributed by atoms with van der Waals surface area (Å²) in [7, 11) is -3.70. The van der Waals surface area contributed by atoms with E-state index < -0.39 is 10.2 Å². The lowest BCUT2D eigenvalue weighted by Gasteiger charge is -2.40. The Balaban J connectivity index is 0.00000243. The topological polar surface area (TPSA) is 95.7 Å². The molecule has 3 rings (SSSR count). The summed E-state index contributed by atoms with van der Waals surface area (Å²) < 4.78 is 37.6. The van der Waals surface area contributed by atoms with Crippen LogP contribution in [0, 0.1) is 11.7 Å². The van der Waals surface area contributed by atoms with E-state index in [1.165, 1.54) is 16.4 Å². The number of hydrogen-bond acceptors (Lipinski definition) is 4. The molecular weight excluding hydrogens is 383 g/mol. The molecule has 1 atom stereocenters. The maximum absolute atomic E-state index is 13.6. The highest BCUT2D eigenvalue weighted by atomic mass is 35.5. The number of nitrogens with one attached hydrogen (secondary N) is 1. The highest BCUT2D eigenvalue weighted by Crippen LogP contribution is 2.28. The van der Waals surface area contributed by atoms with Crippen LogP contribution >= 0.6 is 12.4 Å². The van der Waals surface area contributed by atoms with Gasteiger partial charge in [0.05, 0.1) is 6.04 Å². The predicted octanol–water partition coefficient (Wildman–Crippen LogP) is 0.636. The second kappa shape index (κ2) is 8.62. The van der Waals surface area contributed by atoms with Gasteiger partial charge in [0.1, 0.15) is 5.82 Å². The standard InChI is InChI=1S/C16H23FN4O3S.ClH/c17-14-3-1-2-13(10-14)15-11-19-6-9-21(15)16(22)12-4-7-20(8-5-12)25(18,23)24;/h1-3,10,12,15,19H,4-9,11H2,(H2,18,23,24);1H. The van der Waals surface area contributed by atoms with Crippen molar-refractivity contribution in [2.24, 2.45) is 11.1 Å². The van der Waals surface area contributed by atoms with Crippen molar-refractivity contribution in [2.75, 3.05) is 32.7 Å². The lowest BCUT2D eigenvalue weighted by Crippen LogP contribution is -2.52. The van der Waals surface area contributed by atoms with Gasteiger partial charge in [0.15, 0.2) is 0 Å². The number of nitrogens with two attached hydrogens (primary N) is 1. The van der Waals surface area contributed by atoms with E-state index in [-0.39, 0.29) is 49.2 Å². The van der Waals surface area contributed by atoms with Crippen molar-refractivity contribution < 1.29 is 17.6 Å². The van der Waals surface area contributed by atoms with E-state index in [0.29, 0.717) is 32.5 Å². The van der Waals surface area contributed by atoms with Gasteiger partial charge in [0, 0.05) is 38.6 Å². The molecule has 2 saturated heterocycles. The fraction of sp³-hybridized carbons (Fsp3) is 0.562. The van der Waals surface area contributed by atoms with E-state index in [4.69, 9.17) is 5.14 Å². The van der Waals surface area contributed by atoms with E-state index in [1.54, 1.807) is 11.0 Å². The summed E-state index contributed by atoms with van der Waals surface area (Å²) in [5, 5.41) is 8.39. The number of carbonyl (C=O) groups is 1. The third-order valence-electron chi connectivity index (χ3n) is 4.92. The number of rotatable bonds is 3. The minimum Gasteiger partial charge on any atom is -0.333 e. The van der Waals surface area contributed by atoms with Gasteiger partial charge in [-0.2, -0.15) is 12.7 Å². The van der Waals surface area contributed by atoms with Crippen LogP contribution in [-0.4, -0.2) is 56.3 Å². The Bertz CT molecular complexity index is 741. The molecule has 0 radical (unpaired) electrons. The summed E-state index contributed by atoms with van der Waals surface area (Å²) in [4.78, 5) is 14.8. The number of benzene rings is 1. The van der Waals surface area contributed by atoms with Crippen LogP contribution in [0.1, 0.15) is 24.4 Å².